The van der Waals surface area contributed by atoms with Crippen molar-refractivity contribution in [2.45, 2.75) is 31.6 Å². The molecule has 0 spiro atoms. The summed E-state index contributed by atoms with van der Waals surface area (Å²) >= 11 is 12.8. The van der Waals surface area contributed by atoms with Crippen LogP contribution in [-0.4, -0.2) is 22.2 Å². The Morgan fingerprint density at radius 3 is 2.09 bits per heavy atom. The highest BCUT2D eigenvalue weighted by Crippen LogP contribution is 2.37. The minimum absolute atomic E-state index is 0.0631. The first-order valence-corrected chi connectivity index (χ1v) is 12.0. The number of imidazole rings is 1. The lowest BCUT2D eigenvalue weighted by Crippen LogP contribution is -2.38. The van der Waals surface area contributed by atoms with Crippen LogP contribution in [0.25, 0.3) is 11.0 Å². The minimum atomic E-state index is -4.49. The standard InChI is InChI=1S/C26H22Cl2F3N3O/c27-20-8-5-9-21(28)24(20)32-14-12-18(13-15-32)34-23-11-4-3-10-22(23)33(25(34)35)16-17-6-1-2-7-19(17)26(29,30)31/h1-11,18H,12-16H2. The minimum Gasteiger partial charge on any atom is -0.369 e. The second-order valence-electron chi connectivity index (χ2n) is 8.67. The molecule has 0 bridgehead atoms. The highest BCUT2D eigenvalue weighted by atomic mass is 35.5. The van der Waals surface area contributed by atoms with Crippen LogP contribution in [0.5, 0.6) is 0 Å². The van der Waals surface area contributed by atoms with E-state index in [0.717, 1.165) is 17.3 Å². The zero-order valence-corrected chi connectivity index (χ0v) is 20.1. The molecule has 0 atom stereocenters. The molecular formula is C26H22Cl2F3N3O. The fourth-order valence-electron chi connectivity index (χ4n) is 4.98. The highest BCUT2D eigenvalue weighted by Gasteiger charge is 2.33. The van der Waals surface area contributed by atoms with Gasteiger partial charge in [-0.05, 0) is 48.7 Å². The number of rotatable bonds is 4. The van der Waals surface area contributed by atoms with E-state index in [-0.39, 0.29) is 23.8 Å². The number of hydrogen-bond donors (Lipinski definition) is 0. The molecule has 0 unspecified atom stereocenters. The van der Waals surface area contributed by atoms with E-state index in [1.54, 1.807) is 41.0 Å². The summed E-state index contributed by atoms with van der Waals surface area (Å²) in [7, 11) is 0. The van der Waals surface area contributed by atoms with Gasteiger partial charge in [0.25, 0.3) is 0 Å². The van der Waals surface area contributed by atoms with Crippen molar-refractivity contribution in [1.29, 1.82) is 0 Å². The summed E-state index contributed by atoms with van der Waals surface area (Å²) < 4.78 is 43.9. The topological polar surface area (TPSA) is 30.2 Å². The lowest BCUT2D eigenvalue weighted by Gasteiger charge is -2.35. The van der Waals surface area contributed by atoms with Crippen LogP contribution in [0.4, 0.5) is 18.9 Å². The van der Waals surface area contributed by atoms with Crippen molar-refractivity contribution < 1.29 is 13.2 Å². The van der Waals surface area contributed by atoms with Gasteiger partial charge in [-0.2, -0.15) is 13.2 Å². The molecule has 0 amide bonds. The van der Waals surface area contributed by atoms with Crippen molar-refractivity contribution >= 4 is 39.9 Å². The maximum atomic E-state index is 13.6. The molecule has 0 radical (unpaired) electrons. The second kappa shape index (κ2) is 9.28. The smallest absolute Gasteiger partial charge is 0.369 e. The maximum Gasteiger partial charge on any atom is 0.416 e. The Balaban J connectivity index is 1.49. The number of benzene rings is 3. The van der Waals surface area contributed by atoms with E-state index >= 15 is 0 Å². The third kappa shape index (κ3) is 4.43. The van der Waals surface area contributed by atoms with E-state index in [1.165, 1.54) is 16.7 Å². The van der Waals surface area contributed by atoms with E-state index in [1.807, 2.05) is 12.1 Å². The van der Waals surface area contributed by atoms with Gasteiger partial charge in [0.1, 0.15) is 0 Å². The van der Waals surface area contributed by atoms with Gasteiger partial charge >= 0.3 is 11.9 Å². The number of para-hydroxylation sites is 3. The van der Waals surface area contributed by atoms with Crippen molar-refractivity contribution in [3.8, 4) is 0 Å². The highest BCUT2D eigenvalue weighted by molar-refractivity contribution is 6.39. The van der Waals surface area contributed by atoms with Crippen LogP contribution in [0.1, 0.15) is 30.0 Å². The summed E-state index contributed by atoms with van der Waals surface area (Å²) in [6, 6.07) is 17.9. The zero-order chi connectivity index (χ0) is 24.7. The van der Waals surface area contributed by atoms with Crippen molar-refractivity contribution in [3.05, 3.63) is 98.4 Å². The molecule has 1 aromatic heterocycles. The zero-order valence-electron chi connectivity index (χ0n) is 18.6. The SMILES string of the molecule is O=c1n(Cc2ccccc2C(F)(F)F)c2ccccc2n1C1CCN(c2c(Cl)cccc2Cl)CC1. The predicted octanol–water partition coefficient (Wildman–Crippen LogP) is 7.02. The number of nitrogens with zero attached hydrogens (tertiary/aromatic N) is 3. The largest absolute Gasteiger partial charge is 0.416 e. The van der Waals surface area contributed by atoms with Crippen molar-refractivity contribution in [3.63, 3.8) is 0 Å². The number of fused-ring (bicyclic) bond motifs is 1. The first-order valence-electron chi connectivity index (χ1n) is 11.3. The Kier molecular flexibility index (Phi) is 6.32. The molecule has 4 nitrogen and oxygen atoms in total. The first kappa shape index (κ1) is 23.8. The normalized spacial score (nSPS) is 15.2. The van der Waals surface area contributed by atoms with Gasteiger partial charge in [-0.15, -0.1) is 0 Å². The number of hydrogen-bond acceptors (Lipinski definition) is 2. The fraction of sp³-hybridized carbons (Fsp3) is 0.269. The van der Waals surface area contributed by atoms with Crippen molar-refractivity contribution in [2.24, 2.45) is 0 Å². The number of halogens is 5. The van der Waals surface area contributed by atoms with Crippen LogP contribution >= 0.6 is 23.2 Å². The van der Waals surface area contributed by atoms with Gasteiger partial charge < -0.3 is 4.90 Å². The number of alkyl halides is 3. The van der Waals surface area contributed by atoms with Crippen LogP contribution < -0.4 is 10.6 Å². The Labute approximate surface area is 210 Å². The summed E-state index contributed by atoms with van der Waals surface area (Å²) in [5.74, 6) is 0. The van der Waals surface area contributed by atoms with E-state index in [2.05, 4.69) is 4.90 Å². The average Bonchev–Trinajstić information content (AvgIpc) is 3.10. The first-order chi connectivity index (χ1) is 16.8. The molecule has 0 saturated carbocycles. The van der Waals surface area contributed by atoms with Gasteiger partial charge in [0.2, 0.25) is 0 Å². The molecule has 1 fully saturated rings. The molecule has 9 heteroatoms. The molecule has 35 heavy (non-hydrogen) atoms. The molecule has 0 N–H and O–H groups in total. The van der Waals surface area contributed by atoms with E-state index in [9.17, 15) is 18.0 Å². The Morgan fingerprint density at radius 1 is 0.829 bits per heavy atom. The molecule has 0 aliphatic carbocycles. The monoisotopic (exact) mass is 519 g/mol. The lowest BCUT2D eigenvalue weighted by atomic mass is 10.0. The molecular weight excluding hydrogens is 498 g/mol. The fourth-order valence-corrected chi connectivity index (χ4v) is 5.62. The van der Waals surface area contributed by atoms with Gasteiger partial charge in [0.15, 0.2) is 0 Å². The number of piperidine rings is 1. The lowest BCUT2D eigenvalue weighted by molar-refractivity contribution is -0.138. The van der Waals surface area contributed by atoms with Crippen LogP contribution in [-0.2, 0) is 12.7 Å². The molecule has 1 aliphatic heterocycles. The third-order valence-corrected chi connectivity index (χ3v) is 7.21. The van der Waals surface area contributed by atoms with Crippen LogP contribution in [0.2, 0.25) is 10.0 Å². The molecule has 2 heterocycles. The van der Waals surface area contributed by atoms with Crippen LogP contribution in [0, 0.1) is 0 Å². The molecule has 1 aliphatic rings. The summed E-state index contributed by atoms with van der Waals surface area (Å²) in [6.07, 6.45) is -3.14. The van der Waals surface area contributed by atoms with E-state index < -0.39 is 11.7 Å². The Morgan fingerprint density at radius 2 is 1.43 bits per heavy atom. The van der Waals surface area contributed by atoms with Gasteiger partial charge in [-0.3, -0.25) is 9.13 Å². The van der Waals surface area contributed by atoms with Gasteiger partial charge in [-0.1, -0.05) is 59.6 Å². The number of aromatic nitrogens is 2. The molecule has 182 valence electrons. The summed E-state index contributed by atoms with van der Waals surface area (Å²) in [4.78, 5) is 15.7. The second-order valence-corrected chi connectivity index (χ2v) is 9.49. The molecule has 5 rings (SSSR count). The van der Waals surface area contributed by atoms with E-state index in [4.69, 9.17) is 23.2 Å². The van der Waals surface area contributed by atoms with E-state index in [0.29, 0.717) is 41.5 Å². The molecule has 4 aromatic rings. The summed E-state index contributed by atoms with van der Waals surface area (Å²) in [6.45, 7) is 1.14. The van der Waals surface area contributed by atoms with Gasteiger partial charge in [0, 0.05) is 19.1 Å². The van der Waals surface area contributed by atoms with Gasteiger partial charge in [0.05, 0.1) is 38.9 Å². The third-order valence-electron chi connectivity index (χ3n) is 6.60. The average molecular weight is 520 g/mol. The number of anilines is 1. The Bertz CT molecular complexity index is 1420. The summed E-state index contributed by atoms with van der Waals surface area (Å²) in [5, 5.41) is 1.15. The Hall–Kier alpha value is -2.90. The predicted molar refractivity (Wildman–Crippen MR) is 134 cm³/mol. The quantitative estimate of drug-likeness (QED) is 0.290. The summed E-state index contributed by atoms with van der Waals surface area (Å²) in [5.41, 5.74) is 1.15. The maximum absolute atomic E-state index is 13.6. The molecule has 3 aromatic carbocycles. The van der Waals surface area contributed by atoms with Crippen molar-refractivity contribution in [2.75, 3.05) is 18.0 Å². The molecule has 1 saturated heterocycles. The van der Waals surface area contributed by atoms with Gasteiger partial charge in [-0.25, -0.2) is 4.79 Å². The van der Waals surface area contributed by atoms with Crippen molar-refractivity contribution in [1.82, 2.24) is 9.13 Å². The van der Waals surface area contributed by atoms with Crippen LogP contribution in [0.15, 0.2) is 71.5 Å². The van der Waals surface area contributed by atoms with Crippen LogP contribution in [0.3, 0.4) is 0 Å².